The molecule has 0 aliphatic carbocycles. The molecule has 0 heterocycles. The van der Waals surface area contributed by atoms with Gasteiger partial charge in [0.2, 0.25) is 0 Å². The average molecular weight is 171 g/mol. The fourth-order valence-corrected chi connectivity index (χ4v) is 1.08. The monoisotopic (exact) mass is 171 g/mol. The zero-order chi connectivity index (χ0) is 7.82. The standard InChI is InChI=1S/C10H21.Al.3H/c1-4-5-6-7-8-9-10(2)3;;;;/h10H,1,4-9H2,2-3H3;;;;. The van der Waals surface area contributed by atoms with Gasteiger partial charge in [0, 0.05) is 0 Å². The quantitative estimate of drug-likeness (QED) is 0.426. The highest BCUT2D eigenvalue weighted by Gasteiger charge is 1.92. The van der Waals surface area contributed by atoms with Crippen LogP contribution in [-0.4, -0.2) is 17.4 Å². The van der Waals surface area contributed by atoms with E-state index < -0.39 is 0 Å². The maximum atomic E-state index is 3.82. The lowest BCUT2D eigenvalue weighted by Crippen LogP contribution is -1.86. The van der Waals surface area contributed by atoms with Crippen LogP contribution in [0.15, 0.2) is 0 Å². The molecule has 0 aliphatic heterocycles. The van der Waals surface area contributed by atoms with Crippen LogP contribution in [0.3, 0.4) is 0 Å². The number of rotatable bonds is 6. The van der Waals surface area contributed by atoms with Crippen LogP contribution in [0.25, 0.3) is 0 Å². The van der Waals surface area contributed by atoms with Gasteiger partial charge in [-0.05, 0) is 5.92 Å². The van der Waals surface area contributed by atoms with Gasteiger partial charge in [-0.25, -0.2) is 0 Å². The first-order valence-corrected chi connectivity index (χ1v) is 4.56. The third kappa shape index (κ3) is 13.5. The summed E-state index contributed by atoms with van der Waals surface area (Å²) in [4.78, 5) is 0. The minimum absolute atomic E-state index is 0. The van der Waals surface area contributed by atoms with E-state index in [2.05, 4.69) is 20.8 Å². The second kappa shape index (κ2) is 10.5. The van der Waals surface area contributed by atoms with E-state index in [1.165, 1.54) is 32.1 Å². The van der Waals surface area contributed by atoms with Crippen LogP contribution >= 0.6 is 0 Å². The summed E-state index contributed by atoms with van der Waals surface area (Å²) in [5.74, 6) is 0.889. The molecule has 0 aromatic rings. The van der Waals surface area contributed by atoms with Crippen molar-refractivity contribution >= 4 is 17.4 Å². The molecule has 0 aromatic carbocycles. The number of hydrogen-bond donors (Lipinski definition) is 0. The first-order valence-electron chi connectivity index (χ1n) is 4.56. The normalized spacial score (nSPS) is 9.82. The summed E-state index contributed by atoms with van der Waals surface area (Å²) in [5, 5.41) is 0. The summed E-state index contributed by atoms with van der Waals surface area (Å²) < 4.78 is 0. The topological polar surface area (TPSA) is 0 Å². The summed E-state index contributed by atoms with van der Waals surface area (Å²) in [6, 6.07) is 0. The first kappa shape index (κ1) is 14.1. The molecular weight excluding hydrogens is 147 g/mol. The second-order valence-electron chi connectivity index (χ2n) is 3.45. The Balaban J connectivity index is 0. The van der Waals surface area contributed by atoms with Gasteiger partial charge >= 0.3 is 0 Å². The SMILES string of the molecule is [AlH3].[CH2]CCCCCCC(C)C. The van der Waals surface area contributed by atoms with Gasteiger partial charge in [-0.1, -0.05) is 59.3 Å². The van der Waals surface area contributed by atoms with Crippen LogP contribution in [0.5, 0.6) is 0 Å². The maximum Gasteiger partial charge on any atom is 0.187 e. The zero-order valence-corrected chi connectivity index (χ0v) is 7.53. The smallest absolute Gasteiger partial charge is 0.0628 e. The molecular formula is C10H24Al. The van der Waals surface area contributed by atoms with Crippen molar-refractivity contribution < 1.29 is 0 Å². The molecule has 0 atom stereocenters. The van der Waals surface area contributed by atoms with Crippen LogP contribution in [0.4, 0.5) is 0 Å². The summed E-state index contributed by atoms with van der Waals surface area (Å²) in [6.45, 7) is 8.40. The highest BCUT2D eigenvalue weighted by atomic mass is 27.0. The Morgan fingerprint density at radius 2 is 1.55 bits per heavy atom. The molecule has 11 heavy (non-hydrogen) atoms. The van der Waals surface area contributed by atoms with Gasteiger partial charge in [0.1, 0.15) is 0 Å². The maximum absolute atomic E-state index is 3.82. The van der Waals surface area contributed by atoms with Gasteiger partial charge < -0.3 is 0 Å². The highest BCUT2D eigenvalue weighted by Crippen LogP contribution is 2.09. The van der Waals surface area contributed by atoms with Crippen LogP contribution in [0, 0.1) is 12.8 Å². The predicted molar refractivity (Wildman–Crippen MR) is 57.8 cm³/mol. The van der Waals surface area contributed by atoms with Crippen molar-refractivity contribution in [1.82, 2.24) is 0 Å². The predicted octanol–water partition coefficient (Wildman–Crippen LogP) is 2.63. The van der Waals surface area contributed by atoms with E-state index in [1.54, 1.807) is 0 Å². The van der Waals surface area contributed by atoms with Crippen molar-refractivity contribution in [1.29, 1.82) is 0 Å². The molecule has 0 aliphatic rings. The summed E-state index contributed by atoms with van der Waals surface area (Å²) in [6.07, 6.45) is 8.04. The molecule has 0 rings (SSSR count). The lowest BCUT2D eigenvalue weighted by Gasteiger charge is -2.02. The van der Waals surface area contributed by atoms with Gasteiger partial charge in [-0.15, -0.1) is 0 Å². The fourth-order valence-electron chi connectivity index (χ4n) is 1.08. The lowest BCUT2D eigenvalue weighted by atomic mass is 10.0. The molecule has 0 nitrogen and oxygen atoms in total. The summed E-state index contributed by atoms with van der Waals surface area (Å²) >= 11 is 0. The minimum atomic E-state index is 0. The molecule has 0 bridgehead atoms. The molecule has 0 unspecified atom stereocenters. The summed E-state index contributed by atoms with van der Waals surface area (Å²) in [5.41, 5.74) is 0. The minimum Gasteiger partial charge on any atom is -0.0628 e. The van der Waals surface area contributed by atoms with Crippen molar-refractivity contribution in [3.8, 4) is 0 Å². The molecule has 1 heteroatoms. The number of unbranched alkanes of at least 4 members (excludes halogenated alkanes) is 4. The Bertz CT molecular complexity index is 59.9. The summed E-state index contributed by atoms with van der Waals surface area (Å²) in [7, 11) is 0. The van der Waals surface area contributed by atoms with E-state index >= 15 is 0 Å². The Hall–Kier alpha value is 0.532. The Morgan fingerprint density at radius 1 is 1.00 bits per heavy atom. The van der Waals surface area contributed by atoms with Crippen LogP contribution in [-0.2, 0) is 0 Å². The second-order valence-corrected chi connectivity index (χ2v) is 3.45. The van der Waals surface area contributed by atoms with Gasteiger partial charge in [-0.3, -0.25) is 0 Å². The van der Waals surface area contributed by atoms with E-state index in [0.29, 0.717) is 0 Å². The van der Waals surface area contributed by atoms with Crippen LogP contribution in [0.1, 0.15) is 52.4 Å². The van der Waals surface area contributed by atoms with Gasteiger partial charge in [0.05, 0.1) is 0 Å². The van der Waals surface area contributed by atoms with Crippen molar-refractivity contribution in [2.24, 2.45) is 5.92 Å². The molecule has 67 valence electrons. The van der Waals surface area contributed by atoms with Crippen molar-refractivity contribution in [2.45, 2.75) is 52.4 Å². The van der Waals surface area contributed by atoms with Gasteiger partial charge in [0.15, 0.2) is 17.4 Å². The molecule has 0 spiro atoms. The van der Waals surface area contributed by atoms with E-state index in [4.69, 9.17) is 0 Å². The third-order valence-corrected chi connectivity index (χ3v) is 1.78. The molecule has 0 N–H and O–H groups in total. The zero-order valence-electron chi connectivity index (χ0n) is 7.53. The number of hydrogen-bond acceptors (Lipinski definition) is 0. The van der Waals surface area contributed by atoms with Crippen LogP contribution in [0.2, 0.25) is 0 Å². The lowest BCUT2D eigenvalue weighted by molar-refractivity contribution is 0.521. The average Bonchev–Trinajstić information content (AvgIpc) is 1.87. The molecule has 0 fully saturated rings. The van der Waals surface area contributed by atoms with Gasteiger partial charge in [-0.2, -0.15) is 0 Å². The molecule has 1 radical (unpaired) electrons. The first-order chi connectivity index (χ1) is 4.77. The fraction of sp³-hybridized carbons (Fsp3) is 0.900. The Labute approximate surface area is 82.9 Å². The van der Waals surface area contributed by atoms with Crippen molar-refractivity contribution in [2.75, 3.05) is 0 Å². The van der Waals surface area contributed by atoms with E-state index in [0.717, 1.165) is 12.3 Å². The van der Waals surface area contributed by atoms with Crippen LogP contribution < -0.4 is 0 Å². The Kier molecular flexibility index (Phi) is 13.5. The molecule has 0 saturated carbocycles. The molecule has 0 saturated heterocycles. The third-order valence-electron chi connectivity index (χ3n) is 1.78. The van der Waals surface area contributed by atoms with Gasteiger partial charge in [0.25, 0.3) is 0 Å². The largest absolute Gasteiger partial charge is 0.187 e. The van der Waals surface area contributed by atoms with E-state index in [9.17, 15) is 0 Å². The van der Waals surface area contributed by atoms with E-state index in [-0.39, 0.29) is 17.4 Å². The molecule has 0 amide bonds. The van der Waals surface area contributed by atoms with Crippen molar-refractivity contribution in [3.05, 3.63) is 6.92 Å². The van der Waals surface area contributed by atoms with Crippen molar-refractivity contribution in [3.63, 3.8) is 0 Å². The van der Waals surface area contributed by atoms with E-state index in [1.807, 2.05) is 0 Å². The highest BCUT2D eigenvalue weighted by molar-refractivity contribution is 5.75. The molecule has 0 aromatic heterocycles. The Morgan fingerprint density at radius 3 is 2.00 bits per heavy atom.